The molecule has 0 bridgehead atoms. The number of phenols is 1. The van der Waals surface area contributed by atoms with Crippen LogP contribution in [0.25, 0.3) is 22.3 Å². The Morgan fingerprint density at radius 1 is 0.713 bits per heavy atom. The highest BCUT2D eigenvalue weighted by atomic mass is 16.5. The number of benzene rings is 4. The Hall–Kier alpha value is -8.08. The fraction of sp³-hybridized carbons (Fsp3) is 0.448. The Bertz CT molecular complexity index is 2830. The van der Waals surface area contributed by atoms with Crippen LogP contribution in [-0.2, 0) is 35.2 Å². The van der Waals surface area contributed by atoms with E-state index in [1.54, 1.807) is 36.4 Å². The Kier molecular flexibility index (Phi) is 20.6. The van der Waals surface area contributed by atoms with Gasteiger partial charge in [0.15, 0.2) is 5.96 Å². The van der Waals surface area contributed by atoms with Gasteiger partial charge in [0, 0.05) is 38.0 Å². The monoisotopic (exact) mass is 1100 g/mol. The Morgan fingerprint density at radius 3 is 1.84 bits per heavy atom. The number of ether oxygens (including phenoxy) is 1. The van der Waals surface area contributed by atoms with Gasteiger partial charge in [0.25, 0.3) is 5.91 Å². The number of aliphatic imine (C=N–C) groups is 1. The SMILES string of the molecule is CCCCCOc1ccc(-c2ccc(-c3ccc(C(=O)N[C@H]4CCCNC(=O)[C@@H]5C[C@H](N=C(N)N)CN5C(=O)[C@H]([C@@H](C)O)NC(=O)[C@H](CCc5ccc(O)cc5)NC(=O)[C@@H]5C[C@@H](O)CN5C(=O)[C@H]([C@@H](C)O)NC4=O)cc3)cc2)cc1. The van der Waals surface area contributed by atoms with Crippen LogP contribution in [0.1, 0.15) is 88.1 Å². The lowest BCUT2D eigenvalue weighted by Gasteiger charge is -2.32. The molecule has 7 rings (SSSR count). The fourth-order valence-corrected chi connectivity index (χ4v) is 10.2. The van der Waals surface area contributed by atoms with Crippen LogP contribution in [0.4, 0.5) is 0 Å². The van der Waals surface area contributed by atoms with Crippen LogP contribution in [0.15, 0.2) is 102 Å². The summed E-state index contributed by atoms with van der Waals surface area (Å²) in [5.41, 5.74) is 16.0. The molecule has 22 heteroatoms. The second-order valence-electron chi connectivity index (χ2n) is 20.8. The molecule has 428 valence electrons. The van der Waals surface area contributed by atoms with Gasteiger partial charge < -0.3 is 73.0 Å². The molecule has 7 amide bonds. The minimum atomic E-state index is -1.70. The van der Waals surface area contributed by atoms with Crippen LogP contribution in [0.3, 0.4) is 0 Å². The van der Waals surface area contributed by atoms with E-state index in [9.17, 15) is 54.0 Å². The van der Waals surface area contributed by atoms with Crippen molar-refractivity contribution in [3.8, 4) is 33.8 Å². The molecule has 4 aromatic rings. The molecular formula is C58H74N10O12. The summed E-state index contributed by atoms with van der Waals surface area (Å²) in [5, 5.41) is 56.2. The van der Waals surface area contributed by atoms with E-state index in [1.807, 2.05) is 48.5 Å². The number of rotatable bonds is 15. The third kappa shape index (κ3) is 15.6. The van der Waals surface area contributed by atoms with Crippen molar-refractivity contribution in [1.82, 2.24) is 36.4 Å². The summed E-state index contributed by atoms with van der Waals surface area (Å²) >= 11 is 0. The summed E-state index contributed by atoms with van der Waals surface area (Å²) in [7, 11) is 0. The number of carbonyl (C=O) groups excluding carboxylic acids is 7. The number of phenolic OH excluding ortho intramolecular Hbond substituents is 1. The third-order valence-corrected chi connectivity index (χ3v) is 14.6. The molecule has 80 heavy (non-hydrogen) atoms. The van der Waals surface area contributed by atoms with Crippen molar-refractivity contribution >= 4 is 47.3 Å². The summed E-state index contributed by atoms with van der Waals surface area (Å²) < 4.78 is 5.86. The molecule has 3 aliphatic rings. The van der Waals surface area contributed by atoms with Crippen molar-refractivity contribution in [2.45, 2.75) is 139 Å². The number of nitrogens with zero attached hydrogens (tertiary/aromatic N) is 3. The molecule has 3 heterocycles. The zero-order valence-corrected chi connectivity index (χ0v) is 45.3. The van der Waals surface area contributed by atoms with E-state index in [0.717, 1.165) is 57.1 Å². The van der Waals surface area contributed by atoms with Crippen molar-refractivity contribution < 1.29 is 58.7 Å². The number of guanidine groups is 1. The van der Waals surface area contributed by atoms with Crippen molar-refractivity contribution in [1.29, 1.82) is 0 Å². The first-order valence-electron chi connectivity index (χ1n) is 27.2. The number of nitrogens with two attached hydrogens (primary N) is 2. The summed E-state index contributed by atoms with van der Waals surface area (Å²) in [6, 6.07) is 19.2. The summed E-state index contributed by atoms with van der Waals surface area (Å²) in [5.74, 6) is -5.28. The molecule has 0 aromatic heterocycles. The van der Waals surface area contributed by atoms with Crippen LogP contribution >= 0.6 is 0 Å². The molecule has 13 N–H and O–H groups in total. The highest BCUT2D eigenvalue weighted by molar-refractivity contribution is 6.00. The third-order valence-electron chi connectivity index (χ3n) is 14.6. The minimum absolute atomic E-state index is 0.00853. The molecule has 10 atom stereocenters. The van der Waals surface area contributed by atoms with Crippen LogP contribution in [0.5, 0.6) is 11.5 Å². The van der Waals surface area contributed by atoms with Gasteiger partial charge in [-0.25, -0.2) is 4.99 Å². The summed E-state index contributed by atoms with van der Waals surface area (Å²) in [6.07, 6.45) is -1.45. The topological polar surface area (TPSA) is 341 Å². The van der Waals surface area contributed by atoms with Gasteiger partial charge in [-0.15, -0.1) is 0 Å². The van der Waals surface area contributed by atoms with E-state index >= 15 is 0 Å². The second kappa shape index (κ2) is 27.7. The number of aliphatic hydroxyl groups is 3. The second-order valence-corrected chi connectivity index (χ2v) is 20.8. The van der Waals surface area contributed by atoms with E-state index in [0.29, 0.717) is 12.2 Å². The van der Waals surface area contributed by atoms with Crippen molar-refractivity contribution in [2.24, 2.45) is 16.5 Å². The van der Waals surface area contributed by atoms with Gasteiger partial charge >= 0.3 is 0 Å². The maximum Gasteiger partial charge on any atom is 0.251 e. The average Bonchev–Trinajstić information content (AvgIpc) is 4.06. The fourth-order valence-electron chi connectivity index (χ4n) is 10.2. The average molecular weight is 1100 g/mol. The zero-order chi connectivity index (χ0) is 57.6. The van der Waals surface area contributed by atoms with Gasteiger partial charge in [-0.1, -0.05) is 80.4 Å². The number of aromatic hydroxyl groups is 1. The first-order chi connectivity index (χ1) is 38.3. The molecule has 0 radical (unpaired) electrons. The molecule has 0 aliphatic carbocycles. The normalized spacial score (nSPS) is 24.2. The van der Waals surface area contributed by atoms with E-state index in [1.165, 1.54) is 26.0 Å². The first-order valence-corrected chi connectivity index (χ1v) is 27.2. The number of aryl methyl sites for hydroxylation is 1. The van der Waals surface area contributed by atoms with Crippen LogP contribution in [0.2, 0.25) is 0 Å². The van der Waals surface area contributed by atoms with Crippen LogP contribution in [-0.4, -0.2) is 164 Å². The maximum atomic E-state index is 14.5. The van der Waals surface area contributed by atoms with Crippen molar-refractivity contribution in [3.05, 3.63) is 108 Å². The molecule has 3 saturated heterocycles. The maximum absolute atomic E-state index is 14.5. The standard InChI is InChI=1S/C58H74N10O12/c1-4-5-6-28-80-44-24-20-39(21-25-44)37-14-12-36(13-15-37)38-16-18-40(19-17-38)51(73)63-45-8-7-27-61-54(76)47-29-41(62-58(59)60)31-67(47)56(78)49(33(2)69)66-53(75)46(26-11-35-9-22-42(71)23-10-35)64-55(77)48-30-43(72)32-68(48)57(79)50(34(3)70)65-52(45)74/h9-10,12-25,33-34,41,43,45-50,69-72H,4-8,11,26-32H2,1-3H3,(H,61,76)(H,63,73)(H,64,77)(H,65,74)(H,66,75)(H4,59,60,62)/t33-,34-,41+,43-,45+,46+,47+,48+,49+,50+/m1/s1. The summed E-state index contributed by atoms with van der Waals surface area (Å²) in [4.78, 5) is 106. The van der Waals surface area contributed by atoms with Crippen LogP contribution in [0, 0.1) is 0 Å². The molecule has 0 saturated carbocycles. The van der Waals surface area contributed by atoms with E-state index in [4.69, 9.17) is 16.2 Å². The van der Waals surface area contributed by atoms with E-state index in [-0.39, 0.29) is 75.4 Å². The Balaban J connectivity index is 1.13. The number of amides is 7. The molecule has 0 unspecified atom stereocenters. The summed E-state index contributed by atoms with van der Waals surface area (Å²) in [6.45, 7) is 4.68. The van der Waals surface area contributed by atoms with Gasteiger partial charge in [0.05, 0.1) is 31.0 Å². The highest BCUT2D eigenvalue weighted by Gasteiger charge is 2.46. The van der Waals surface area contributed by atoms with Gasteiger partial charge in [0.1, 0.15) is 47.8 Å². The molecule has 4 aromatic carbocycles. The van der Waals surface area contributed by atoms with Gasteiger partial charge in [-0.05, 0) is 110 Å². The van der Waals surface area contributed by atoms with Gasteiger partial charge in [0.2, 0.25) is 35.4 Å². The largest absolute Gasteiger partial charge is 0.508 e. The number of aliphatic hydroxyl groups excluding tert-OH is 3. The van der Waals surface area contributed by atoms with E-state index in [2.05, 4.69) is 38.5 Å². The molecule has 3 aliphatic heterocycles. The molecule has 3 fully saturated rings. The van der Waals surface area contributed by atoms with Gasteiger partial charge in [-0.2, -0.15) is 0 Å². The number of carbonyl (C=O) groups is 7. The number of fused-ring (bicyclic) bond motifs is 2. The Labute approximate surface area is 464 Å². The lowest BCUT2D eigenvalue weighted by molar-refractivity contribution is -0.145. The lowest BCUT2D eigenvalue weighted by Crippen LogP contribution is -2.61. The number of hydrogen-bond acceptors (Lipinski definition) is 13. The predicted molar refractivity (Wildman–Crippen MR) is 297 cm³/mol. The van der Waals surface area contributed by atoms with Gasteiger partial charge in [-0.3, -0.25) is 33.6 Å². The minimum Gasteiger partial charge on any atom is -0.508 e. The quantitative estimate of drug-likeness (QED) is 0.0455. The lowest BCUT2D eigenvalue weighted by atomic mass is 9.99. The molecule has 0 spiro atoms. The first kappa shape index (κ1) is 59.6. The van der Waals surface area contributed by atoms with Crippen molar-refractivity contribution in [2.75, 3.05) is 26.2 Å². The number of hydrogen-bond donors (Lipinski definition) is 11. The molecule has 22 nitrogen and oxygen atoms in total. The zero-order valence-electron chi connectivity index (χ0n) is 45.3. The van der Waals surface area contributed by atoms with E-state index < -0.39 is 102 Å². The number of nitrogens with one attached hydrogen (secondary N) is 5. The highest BCUT2D eigenvalue weighted by Crippen LogP contribution is 2.28. The smallest absolute Gasteiger partial charge is 0.251 e. The van der Waals surface area contributed by atoms with Crippen LogP contribution < -0.4 is 42.8 Å². The predicted octanol–water partition coefficient (Wildman–Crippen LogP) is 1.36. The number of unbranched alkanes of at least 4 members (excludes halogenated alkanes) is 2. The Morgan fingerprint density at radius 2 is 1.26 bits per heavy atom. The van der Waals surface area contributed by atoms with Crippen molar-refractivity contribution in [3.63, 3.8) is 0 Å². The molecular weight excluding hydrogens is 1030 g/mol.